The lowest BCUT2D eigenvalue weighted by Crippen LogP contribution is -2.60. The van der Waals surface area contributed by atoms with Crippen LogP contribution in [-0.2, 0) is 19.1 Å². The Hall–Kier alpha value is -2.18. The highest BCUT2D eigenvalue weighted by atomic mass is 16.6. The van der Waals surface area contributed by atoms with Crippen molar-refractivity contribution in [1.29, 1.82) is 0 Å². The van der Waals surface area contributed by atoms with Crippen LogP contribution in [-0.4, -0.2) is 39.8 Å². The molecule has 140 valence electrons. The molecule has 3 rings (SSSR count). The maximum Gasteiger partial charge on any atom is 0.303 e. The van der Waals surface area contributed by atoms with Crippen LogP contribution in [0.25, 0.3) is 0 Å². The average Bonchev–Trinajstić information content (AvgIpc) is 2.59. The smallest absolute Gasteiger partial charge is 0.303 e. The maximum absolute atomic E-state index is 13.0. The van der Waals surface area contributed by atoms with Crippen LogP contribution < -0.4 is 0 Å². The van der Waals surface area contributed by atoms with Gasteiger partial charge in [-0.05, 0) is 26.3 Å². The summed E-state index contributed by atoms with van der Waals surface area (Å²) in [6, 6.07) is 9.30. The van der Waals surface area contributed by atoms with Crippen LogP contribution in [0.1, 0.15) is 45.8 Å². The number of hydrogen-bond acceptors (Lipinski definition) is 6. The van der Waals surface area contributed by atoms with Crippen molar-refractivity contribution in [2.24, 2.45) is 5.41 Å². The van der Waals surface area contributed by atoms with Crippen LogP contribution in [0, 0.1) is 5.41 Å². The Morgan fingerprint density at radius 2 is 1.85 bits per heavy atom. The maximum atomic E-state index is 13.0. The number of carbonyl (C=O) groups is 2. The number of esters is 1. The number of rotatable bonds is 2. The number of carbonyl (C=O) groups excluding carboxylic acids is 2. The second-order valence-electron chi connectivity index (χ2n) is 7.69. The van der Waals surface area contributed by atoms with Crippen molar-refractivity contribution >= 4 is 11.8 Å². The molecule has 0 fully saturated rings. The molecule has 0 bridgehead atoms. The van der Waals surface area contributed by atoms with Gasteiger partial charge in [-0.1, -0.05) is 30.3 Å². The summed E-state index contributed by atoms with van der Waals surface area (Å²) in [5.41, 5.74) is -2.05. The third kappa shape index (κ3) is 2.83. The molecule has 1 aromatic rings. The normalized spacial score (nSPS) is 33.3. The summed E-state index contributed by atoms with van der Waals surface area (Å²) in [5, 5.41) is 21.6. The van der Waals surface area contributed by atoms with Crippen molar-refractivity contribution in [2.45, 2.75) is 58.0 Å². The topological polar surface area (TPSA) is 93.1 Å². The summed E-state index contributed by atoms with van der Waals surface area (Å²) in [5.74, 6) is -0.920. The van der Waals surface area contributed by atoms with Gasteiger partial charge in [-0.3, -0.25) is 9.59 Å². The minimum Gasteiger partial charge on any atom is -0.486 e. The van der Waals surface area contributed by atoms with Crippen LogP contribution >= 0.6 is 0 Å². The third-order valence-corrected chi connectivity index (χ3v) is 5.24. The van der Waals surface area contributed by atoms with Crippen molar-refractivity contribution in [3.8, 4) is 0 Å². The molecule has 1 heterocycles. The van der Waals surface area contributed by atoms with E-state index in [1.54, 1.807) is 13.8 Å². The van der Waals surface area contributed by atoms with Gasteiger partial charge < -0.3 is 19.7 Å². The summed E-state index contributed by atoms with van der Waals surface area (Å²) < 4.78 is 11.4. The van der Waals surface area contributed by atoms with Gasteiger partial charge in [0.15, 0.2) is 5.78 Å². The summed E-state index contributed by atoms with van der Waals surface area (Å²) in [4.78, 5) is 24.6. The highest BCUT2D eigenvalue weighted by Gasteiger charge is 2.59. The van der Waals surface area contributed by atoms with E-state index in [4.69, 9.17) is 9.47 Å². The van der Waals surface area contributed by atoms with Gasteiger partial charge in [-0.15, -0.1) is 0 Å². The van der Waals surface area contributed by atoms with Crippen molar-refractivity contribution in [1.82, 2.24) is 0 Å². The number of ether oxygens (including phenoxy) is 2. The molecule has 0 saturated carbocycles. The largest absolute Gasteiger partial charge is 0.486 e. The molecule has 26 heavy (non-hydrogen) atoms. The highest BCUT2D eigenvalue weighted by Crippen LogP contribution is 2.49. The molecule has 1 aliphatic carbocycles. The van der Waals surface area contributed by atoms with E-state index >= 15 is 0 Å². The monoisotopic (exact) mass is 360 g/mol. The van der Waals surface area contributed by atoms with Crippen LogP contribution in [0.5, 0.6) is 0 Å². The Balaban J connectivity index is 2.13. The van der Waals surface area contributed by atoms with Gasteiger partial charge in [0.25, 0.3) is 0 Å². The molecule has 4 atom stereocenters. The third-order valence-electron chi connectivity index (χ3n) is 5.24. The molecule has 0 amide bonds. The molecule has 1 aliphatic heterocycles. The van der Waals surface area contributed by atoms with Gasteiger partial charge in [-0.2, -0.15) is 0 Å². The Bertz CT molecular complexity index is 762. The summed E-state index contributed by atoms with van der Waals surface area (Å²) >= 11 is 0. The van der Waals surface area contributed by atoms with Crippen molar-refractivity contribution in [3.63, 3.8) is 0 Å². The highest BCUT2D eigenvalue weighted by molar-refractivity contribution is 6.03. The van der Waals surface area contributed by atoms with E-state index in [0.29, 0.717) is 0 Å². The van der Waals surface area contributed by atoms with E-state index in [-0.39, 0.29) is 23.5 Å². The summed E-state index contributed by atoms with van der Waals surface area (Å²) in [7, 11) is 0. The molecular weight excluding hydrogens is 336 g/mol. The SMILES string of the molecule is CC(=O)OC1CC(c2ccccc2)OC2=C1C(=O)C(C)(C)C(O)C2(C)O. The lowest BCUT2D eigenvalue weighted by atomic mass is 9.65. The molecule has 0 radical (unpaired) electrons. The van der Waals surface area contributed by atoms with E-state index in [9.17, 15) is 19.8 Å². The fourth-order valence-corrected chi connectivity index (χ4v) is 3.83. The molecule has 0 spiro atoms. The van der Waals surface area contributed by atoms with Gasteiger partial charge in [0.05, 0.1) is 11.0 Å². The first-order valence-electron chi connectivity index (χ1n) is 8.65. The number of Topliss-reactive ketones (excluding diaryl/α,β-unsaturated/α-hetero) is 1. The van der Waals surface area contributed by atoms with Gasteiger partial charge in [0, 0.05) is 13.3 Å². The van der Waals surface area contributed by atoms with Gasteiger partial charge in [0.1, 0.15) is 29.7 Å². The average molecular weight is 360 g/mol. The van der Waals surface area contributed by atoms with E-state index in [2.05, 4.69) is 0 Å². The Morgan fingerprint density at radius 1 is 1.23 bits per heavy atom. The summed E-state index contributed by atoms with van der Waals surface area (Å²) in [6.45, 7) is 5.82. The van der Waals surface area contributed by atoms with Gasteiger partial charge in [-0.25, -0.2) is 0 Å². The molecular formula is C20H24O6. The molecule has 6 heteroatoms. The number of benzene rings is 1. The second-order valence-corrected chi connectivity index (χ2v) is 7.69. The van der Waals surface area contributed by atoms with Gasteiger partial charge in [0.2, 0.25) is 0 Å². The molecule has 2 N–H and O–H groups in total. The fraction of sp³-hybridized carbons (Fsp3) is 0.500. The first-order chi connectivity index (χ1) is 12.1. The zero-order valence-corrected chi connectivity index (χ0v) is 15.4. The van der Waals surface area contributed by atoms with Crippen molar-refractivity contribution < 1.29 is 29.3 Å². The number of aliphatic hydroxyl groups is 2. The van der Waals surface area contributed by atoms with Crippen molar-refractivity contribution in [2.75, 3.05) is 0 Å². The predicted molar refractivity (Wildman–Crippen MR) is 92.9 cm³/mol. The quantitative estimate of drug-likeness (QED) is 0.784. The number of aliphatic hydroxyl groups excluding tert-OH is 1. The van der Waals surface area contributed by atoms with E-state index in [1.165, 1.54) is 13.8 Å². The standard InChI is InChI=1S/C20H24O6/c1-11(21)25-14-10-13(12-8-6-5-7-9-12)26-17-15(14)16(22)19(2,3)18(23)20(17,4)24/h5-9,13-14,18,23-24H,10H2,1-4H3. The number of hydrogen-bond donors (Lipinski definition) is 2. The van der Waals surface area contributed by atoms with Crippen LogP contribution in [0.15, 0.2) is 41.7 Å². The number of ketones is 1. The van der Waals surface area contributed by atoms with Crippen LogP contribution in [0.3, 0.4) is 0 Å². The van der Waals surface area contributed by atoms with E-state index < -0.39 is 35.3 Å². The van der Waals surface area contributed by atoms with Gasteiger partial charge >= 0.3 is 5.97 Å². The van der Waals surface area contributed by atoms with Crippen molar-refractivity contribution in [3.05, 3.63) is 47.2 Å². The molecule has 6 nitrogen and oxygen atoms in total. The zero-order valence-electron chi connectivity index (χ0n) is 15.4. The molecule has 1 aromatic carbocycles. The van der Waals surface area contributed by atoms with Crippen LogP contribution in [0.2, 0.25) is 0 Å². The minimum absolute atomic E-state index is 0.0133. The second kappa shape index (κ2) is 6.21. The minimum atomic E-state index is -1.78. The lowest BCUT2D eigenvalue weighted by molar-refractivity contribution is -0.170. The summed E-state index contributed by atoms with van der Waals surface area (Å²) in [6.07, 6.45) is -2.44. The zero-order chi connectivity index (χ0) is 19.3. The first kappa shape index (κ1) is 18.6. The first-order valence-corrected chi connectivity index (χ1v) is 8.65. The van der Waals surface area contributed by atoms with E-state index in [1.807, 2.05) is 30.3 Å². The molecule has 0 saturated heterocycles. The van der Waals surface area contributed by atoms with E-state index in [0.717, 1.165) is 5.56 Å². The fourth-order valence-electron chi connectivity index (χ4n) is 3.83. The lowest BCUT2D eigenvalue weighted by Gasteiger charge is -2.49. The predicted octanol–water partition coefficient (Wildman–Crippen LogP) is 2.05. The Kier molecular flexibility index (Phi) is 4.45. The van der Waals surface area contributed by atoms with Crippen LogP contribution in [0.4, 0.5) is 0 Å². The molecule has 2 aliphatic rings. The molecule has 4 unspecified atom stereocenters. The Morgan fingerprint density at radius 3 is 2.42 bits per heavy atom. The Labute approximate surface area is 152 Å². The molecule has 0 aromatic heterocycles.